The monoisotopic (exact) mass is 513 g/mol. The number of hydrogen-bond donors (Lipinski definition) is 0. The van der Waals surface area contributed by atoms with E-state index >= 15 is 0 Å². The number of halogens is 3. The second-order valence-electron chi connectivity index (χ2n) is 9.39. The number of methoxy groups -OCH3 is 1. The number of hydrogen-bond acceptors (Lipinski definition) is 4. The Morgan fingerprint density at radius 2 is 1.46 bits per heavy atom. The SMILES string of the molecule is CCCCCCCCC[C@](C)(F)C(=O)Oc1ccc(-c2ccc(-c3cc(F)c(OC)c(F)c3)nc2)cc1. The van der Waals surface area contributed by atoms with E-state index in [1.807, 2.05) is 0 Å². The highest BCUT2D eigenvalue weighted by molar-refractivity contribution is 5.81. The number of alkyl halides is 1. The fraction of sp³-hybridized carbons (Fsp3) is 0.400. The van der Waals surface area contributed by atoms with E-state index in [4.69, 9.17) is 9.47 Å². The van der Waals surface area contributed by atoms with Crippen LogP contribution in [0.3, 0.4) is 0 Å². The lowest BCUT2D eigenvalue weighted by molar-refractivity contribution is -0.147. The first-order valence-electron chi connectivity index (χ1n) is 12.8. The molecule has 0 spiro atoms. The number of carbonyl (C=O) groups excluding carboxylic acids is 1. The Morgan fingerprint density at radius 3 is 2.03 bits per heavy atom. The lowest BCUT2D eigenvalue weighted by Gasteiger charge is -2.18. The molecule has 0 unspecified atom stereocenters. The maximum Gasteiger partial charge on any atom is 0.348 e. The molecule has 0 saturated carbocycles. The van der Waals surface area contributed by atoms with Crippen LogP contribution < -0.4 is 9.47 Å². The molecule has 1 atom stereocenters. The van der Waals surface area contributed by atoms with Gasteiger partial charge < -0.3 is 9.47 Å². The highest BCUT2D eigenvalue weighted by Crippen LogP contribution is 2.30. The summed E-state index contributed by atoms with van der Waals surface area (Å²) in [6.07, 6.45) is 9.07. The maximum atomic E-state index is 14.9. The minimum absolute atomic E-state index is 0.137. The van der Waals surface area contributed by atoms with Crippen LogP contribution in [0.4, 0.5) is 13.2 Å². The van der Waals surface area contributed by atoms with Gasteiger partial charge in [0.25, 0.3) is 0 Å². The standard InChI is InChI=1S/C30H34F3NO3/c1-4-5-6-7-8-9-10-17-30(2,33)29(35)37-24-14-11-21(12-15-24)22-13-16-27(34-20-22)23-18-25(31)28(36-3)26(32)19-23/h11-16,18-20H,4-10,17H2,1-3H3/t30-/m0/s1. The van der Waals surface area contributed by atoms with Crippen LogP contribution in [-0.4, -0.2) is 23.7 Å². The summed E-state index contributed by atoms with van der Waals surface area (Å²) in [5, 5.41) is 0. The van der Waals surface area contributed by atoms with Crippen molar-refractivity contribution in [3.8, 4) is 33.9 Å². The number of pyridine rings is 1. The Kier molecular flexibility index (Phi) is 10.1. The third-order valence-corrected chi connectivity index (χ3v) is 6.34. The van der Waals surface area contributed by atoms with Crippen molar-refractivity contribution in [1.82, 2.24) is 4.98 Å². The van der Waals surface area contributed by atoms with Crippen molar-refractivity contribution in [3.05, 3.63) is 66.4 Å². The molecule has 0 amide bonds. The number of aromatic nitrogens is 1. The maximum absolute atomic E-state index is 14.9. The zero-order valence-electron chi connectivity index (χ0n) is 21.7. The third kappa shape index (κ3) is 7.81. The average molecular weight is 514 g/mol. The minimum Gasteiger partial charge on any atom is -0.491 e. The van der Waals surface area contributed by atoms with E-state index in [0.717, 1.165) is 30.4 Å². The summed E-state index contributed by atoms with van der Waals surface area (Å²) < 4.78 is 52.9. The first-order valence-corrected chi connectivity index (χ1v) is 12.8. The van der Waals surface area contributed by atoms with Gasteiger partial charge >= 0.3 is 5.97 Å². The lowest BCUT2D eigenvalue weighted by atomic mass is 9.99. The van der Waals surface area contributed by atoms with Crippen molar-refractivity contribution >= 4 is 5.97 Å². The molecule has 3 rings (SSSR count). The van der Waals surface area contributed by atoms with E-state index in [1.54, 1.807) is 42.6 Å². The molecule has 0 saturated heterocycles. The Morgan fingerprint density at radius 1 is 0.865 bits per heavy atom. The minimum atomic E-state index is -2.04. The van der Waals surface area contributed by atoms with E-state index in [0.29, 0.717) is 12.1 Å². The molecule has 0 N–H and O–H groups in total. The Hall–Kier alpha value is -3.35. The summed E-state index contributed by atoms with van der Waals surface area (Å²) in [5.74, 6) is -2.69. The number of benzene rings is 2. The van der Waals surface area contributed by atoms with Gasteiger partial charge in [-0.3, -0.25) is 4.98 Å². The van der Waals surface area contributed by atoms with Gasteiger partial charge in [0.15, 0.2) is 17.4 Å². The van der Waals surface area contributed by atoms with Crippen LogP contribution in [-0.2, 0) is 4.79 Å². The predicted octanol–water partition coefficient (Wildman–Crippen LogP) is 8.48. The normalized spacial score (nSPS) is 12.7. The third-order valence-electron chi connectivity index (χ3n) is 6.34. The molecule has 0 bridgehead atoms. The van der Waals surface area contributed by atoms with Gasteiger partial charge in [-0.2, -0.15) is 0 Å². The van der Waals surface area contributed by atoms with E-state index in [2.05, 4.69) is 11.9 Å². The molecular weight excluding hydrogens is 479 g/mol. The molecule has 1 heterocycles. The van der Waals surface area contributed by atoms with Gasteiger partial charge in [-0.05, 0) is 55.7 Å². The van der Waals surface area contributed by atoms with Crippen LogP contribution in [0.2, 0.25) is 0 Å². The van der Waals surface area contributed by atoms with Gasteiger partial charge in [0.05, 0.1) is 12.8 Å². The Bertz CT molecular complexity index is 1140. The molecule has 0 radical (unpaired) electrons. The quantitative estimate of drug-likeness (QED) is 0.131. The molecule has 2 aromatic carbocycles. The van der Waals surface area contributed by atoms with Gasteiger partial charge in [-0.15, -0.1) is 0 Å². The second-order valence-corrected chi connectivity index (χ2v) is 9.39. The molecule has 7 heteroatoms. The fourth-order valence-corrected chi connectivity index (χ4v) is 4.08. The van der Waals surface area contributed by atoms with Crippen LogP contribution in [0.1, 0.15) is 65.2 Å². The largest absolute Gasteiger partial charge is 0.491 e. The molecule has 198 valence electrons. The van der Waals surface area contributed by atoms with Gasteiger partial charge in [0, 0.05) is 17.3 Å². The van der Waals surface area contributed by atoms with Crippen LogP contribution in [0.25, 0.3) is 22.4 Å². The molecule has 4 nitrogen and oxygen atoms in total. The first-order chi connectivity index (χ1) is 17.7. The van der Waals surface area contributed by atoms with E-state index in [1.165, 1.54) is 45.4 Å². The molecule has 0 aliphatic rings. The van der Waals surface area contributed by atoms with Crippen molar-refractivity contribution < 1.29 is 27.4 Å². The van der Waals surface area contributed by atoms with Gasteiger partial charge in [0.2, 0.25) is 5.67 Å². The zero-order valence-corrected chi connectivity index (χ0v) is 21.7. The molecule has 0 fully saturated rings. The molecule has 0 aliphatic heterocycles. The highest BCUT2D eigenvalue weighted by atomic mass is 19.1. The molecule has 0 aliphatic carbocycles. The number of ether oxygens (including phenoxy) is 2. The van der Waals surface area contributed by atoms with E-state index in [9.17, 15) is 18.0 Å². The summed E-state index contributed by atoms with van der Waals surface area (Å²) in [6.45, 7) is 3.44. The predicted molar refractivity (Wildman–Crippen MR) is 139 cm³/mol. The van der Waals surface area contributed by atoms with Crippen molar-refractivity contribution in [1.29, 1.82) is 0 Å². The number of carbonyl (C=O) groups is 1. The summed E-state index contributed by atoms with van der Waals surface area (Å²) in [4.78, 5) is 16.7. The van der Waals surface area contributed by atoms with Crippen LogP contribution in [0.15, 0.2) is 54.7 Å². The number of rotatable bonds is 13. The van der Waals surface area contributed by atoms with Crippen molar-refractivity contribution in [2.24, 2.45) is 0 Å². The summed E-state index contributed by atoms with van der Waals surface area (Å²) in [7, 11) is 1.20. The fourth-order valence-electron chi connectivity index (χ4n) is 4.08. The van der Waals surface area contributed by atoms with E-state index < -0.39 is 29.0 Å². The van der Waals surface area contributed by atoms with E-state index in [-0.39, 0.29) is 17.7 Å². The van der Waals surface area contributed by atoms with Crippen molar-refractivity contribution in [2.45, 2.75) is 70.9 Å². The smallest absolute Gasteiger partial charge is 0.348 e. The van der Waals surface area contributed by atoms with Crippen molar-refractivity contribution in [2.75, 3.05) is 7.11 Å². The van der Waals surface area contributed by atoms with Gasteiger partial charge in [-0.1, -0.05) is 63.6 Å². The van der Waals surface area contributed by atoms with Crippen LogP contribution in [0, 0.1) is 11.6 Å². The topological polar surface area (TPSA) is 48.4 Å². The lowest BCUT2D eigenvalue weighted by Crippen LogP contribution is -2.34. The first kappa shape index (κ1) is 28.2. The molecule has 37 heavy (non-hydrogen) atoms. The highest BCUT2D eigenvalue weighted by Gasteiger charge is 2.34. The number of unbranched alkanes of at least 4 members (excludes halogenated alkanes) is 6. The number of nitrogens with zero attached hydrogens (tertiary/aromatic N) is 1. The Labute approximate surface area is 216 Å². The summed E-state index contributed by atoms with van der Waals surface area (Å²) in [6, 6.07) is 12.4. The van der Waals surface area contributed by atoms with Crippen molar-refractivity contribution in [3.63, 3.8) is 0 Å². The van der Waals surface area contributed by atoms with Crippen LogP contribution >= 0.6 is 0 Å². The molecular formula is C30H34F3NO3. The van der Waals surface area contributed by atoms with Crippen LogP contribution in [0.5, 0.6) is 11.5 Å². The Balaban J connectivity index is 1.56. The average Bonchev–Trinajstić information content (AvgIpc) is 2.88. The second kappa shape index (κ2) is 13.3. The molecule has 1 aromatic heterocycles. The number of esters is 1. The van der Waals surface area contributed by atoms with Gasteiger partial charge in [0.1, 0.15) is 5.75 Å². The van der Waals surface area contributed by atoms with Gasteiger partial charge in [-0.25, -0.2) is 18.0 Å². The summed E-state index contributed by atoms with van der Waals surface area (Å²) in [5.41, 5.74) is 0.193. The summed E-state index contributed by atoms with van der Waals surface area (Å²) >= 11 is 0. The molecule has 3 aromatic rings. The zero-order chi connectivity index (χ0) is 26.8.